The lowest BCUT2D eigenvalue weighted by atomic mass is 10.5. The number of aliphatic hydroxyl groups is 1. The van der Waals surface area contributed by atoms with Crippen LogP contribution >= 0.6 is 15.9 Å². The zero-order valence-electron chi connectivity index (χ0n) is 4.43. The van der Waals surface area contributed by atoms with Crippen LogP contribution < -0.4 is 0 Å². The number of halogens is 1. The molecule has 0 saturated heterocycles. The second kappa shape index (κ2) is 3.86. The number of methoxy groups -OCH3 is 1. The SMILES string of the molecule is COC(=O)CC(O)Br. The van der Waals surface area contributed by atoms with E-state index in [1.807, 2.05) is 0 Å². The van der Waals surface area contributed by atoms with Crippen LogP contribution in [0.25, 0.3) is 0 Å². The highest BCUT2D eigenvalue weighted by atomic mass is 79.9. The second-order valence-electron chi connectivity index (χ2n) is 1.21. The number of carbonyl (C=O) groups is 1. The van der Waals surface area contributed by atoms with E-state index >= 15 is 0 Å². The quantitative estimate of drug-likeness (QED) is 0.493. The average Bonchev–Trinajstić information content (AvgIpc) is 1.65. The monoisotopic (exact) mass is 182 g/mol. The van der Waals surface area contributed by atoms with Crippen molar-refractivity contribution >= 4 is 21.9 Å². The van der Waals surface area contributed by atoms with Crippen molar-refractivity contribution in [1.29, 1.82) is 0 Å². The molecule has 4 heteroatoms. The van der Waals surface area contributed by atoms with Gasteiger partial charge in [0.25, 0.3) is 0 Å². The van der Waals surface area contributed by atoms with Crippen molar-refractivity contribution in [3.05, 3.63) is 0 Å². The zero-order chi connectivity index (χ0) is 6.57. The molecule has 1 atom stereocenters. The van der Waals surface area contributed by atoms with E-state index in [0.717, 1.165) is 0 Å². The minimum absolute atomic E-state index is 0.00347. The standard InChI is InChI=1S/C4H7BrO3/c1-8-4(7)2-3(5)6/h3,6H,2H2,1H3. The minimum atomic E-state index is -0.782. The van der Waals surface area contributed by atoms with Crippen molar-refractivity contribution < 1.29 is 14.6 Å². The Balaban J connectivity index is 3.25. The molecule has 0 aliphatic rings. The summed E-state index contributed by atoms with van der Waals surface area (Å²) in [7, 11) is 1.28. The molecule has 8 heavy (non-hydrogen) atoms. The number of rotatable bonds is 2. The normalized spacial score (nSPS) is 12.9. The van der Waals surface area contributed by atoms with E-state index < -0.39 is 11.0 Å². The second-order valence-corrected chi connectivity index (χ2v) is 2.27. The van der Waals surface area contributed by atoms with Crippen molar-refractivity contribution in [2.75, 3.05) is 7.11 Å². The smallest absolute Gasteiger partial charge is 0.309 e. The van der Waals surface area contributed by atoms with Crippen LogP contribution in [-0.4, -0.2) is 23.2 Å². The first kappa shape index (κ1) is 7.91. The van der Waals surface area contributed by atoms with Crippen molar-refractivity contribution in [2.45, 2.75) is 11.4 Å². The summed E-state index contributed by atoms with van der Waals surface area (Å²) in [4.78, 5) is 10.2. The van der Waals surface area contributed by atoms with Crippen molar-refractivity contribution in [3.8, 4) is 0 Å². The van der Waals surface area contributed by atoms with Gasteiger partial charge in [-0.1, -0.05) is 15.9 Å². The lowest BCUT2D eigenvalue weighted by Gasteiger charge is -1.97. The fourth-order valence-electron chi connectivity index (χ4n) is 0.221. The lowest BCUT2D eigenvalue weighted by Crippen LogP contribution is -2.07. The number of alkyl halides is 1. The summed E-state index contributed by atoms with van der Waals surface area (Å²) in [6.45, 7) is 0. The average molecular weight is 183 g/mol. The summed E-state index contributed by atoms with van der Waals surface area (Å²) < 4.78 is 4.23. The highest BCUT2D eigenvalue weighted by Gasteiger charge is 2.04. The van der Waals surface area contributed by atoms with E-state index in [4.69, 9.17) is 5.11 Å². The molecule has 0 heterocycles. The third-order valence-electron chi connectivity index (χ3n) is 0.563. The highest BCUT2D eigenvalue weighted by molar-refractivity contribution is 9.09. The van der Waals surface area contributed by atoms with Gasteiger partial charge in [0.05, 0.1) is 13.5 Å². The number of esters is 1. The van der Waals surface area contributed by atoms with Crippen LogP contribution in [0.4, 0.5) is 0 Å². The van der Waals surface area contributed by atoms with Crippen LogP contribution in [0, 0.1) is 0 Å². The van der Waals surface area contributed by atoms with Crippen LogP contribution in [-0.2, 0) is 9.53 Å². The van der Waals surface area contributed by atoms with Crippen LogP contribution in [0.1, 0.15) is 6.42 Å². The Bertz CT molecular complexity index is 81.4. The molecule has 0 aromatic rings. The van der Waals surface area contributed by atoms with Gasteiger partial charge in [-0.2, -0.15) is 0 Å². The van der Waals surface area contributed by atoms with E-state index in [0.29, 0.717) is 0 Å². The predicted octanol–water partition coefficient (Wildman–Crippen LogP) is 0.263. The number of hydrogen-bond acceptors (Lipinski definition) is 3. The van der Waals surface area contributed by atoms with Gasteiger partial charge in [0.2, 0.25) is 0 Å². The first-order chi connectivity index (χ1) is 3.66. The largest absolute Gasteiger partial charge is 0.469 e. The lowest BCUT2D eigenvalue weighted by molar-refractivity contribution is -0.141. The van der Waals surface area contributed by atoms with E-state index in [9.17, 15) is 4.79 Å². The molecule has 1 unspecified atom stereocenters. The fraction of sp³-hybridized carbons (Fsp3) is 0.750. The molecule has 0 radical (unpaired) electrons. The molecule has 0 aliphatic heterocycles. The van der Waals surface area contributed by atoms with Gasteiger partial charge < -0.3 is 9.84 Å². The molecule has 1 N–H and O–H groups in total. The maximum absolute atomic E-state index is 10.2. The van der Waals surface area contributed by atoms with Crippen molar-refractivity contribution in [2.24, 2.45) is 0 Å². The molecule has 0 aromatic carbocycles. The van der Waals surface area contributed by atoms with E-state index in [2.05, 4.69) is 20.7 Å². The maximum Gasteiger partial charge on any atom is 0.309 e. The molecular formula is C4H7BrO3. The van der Waals surface area contributed by atoms with Gasteiger partial charge in [-0.3, -0.25) is 4.79 Å². The molecule has 0 aliphatic carbocycles. The van der Waals surface area contributed by atoms with Gasteiger partial charge in [0.1, 0.15) is 5.01 Å². The van der Waals surface area contributed by atoms with Crippen molar-refractivity contribution in [1.82, 2.24) is 0 Å². The van der Waals surface area contributed by atoms with Gasteiger partial charge in [0.15, 0.2) is 0 Å². The summed E-state index contributed by atoms with van der Waals surface area (Å²) in [5.41, 5.74) is 0. The Morgan fingerprint density at radius 3 is 2.62 bits per heavy atom. The van der Waals surface area contributed by atoms with Crippen LogP contribution in [0.5, 0.6) is 0 Å². The number of carbonyl (C=O) groups excluding carboxylic acids is 1. The maximum atomic E-state index is 10.2. The minimum Gasteiger partial charge on any atom is -0.469 e. The van der Waals surface area contributed by atoms with E-state index in [1.165, 1.54) is 7.11 Å². The van der Waals surface area contributed by atoms with Gasteiger partial charge in [-0.25, -0.2) is 0 Å². The molecule has 0 saturated carbocycles. The van der Waals surface area contributed by atoms with E-state index in [-0.39, 0.29) is 6.42 Å². The summed E-state index contributed by atoms with van der Waals surface area (Å²) in [5.74, 6) is -0.422. The molecule has 0 fully saturated rings. The van der Waals surface area contributed by atoms with Gasteiger partial charge >= 0.3 is 5.97 Å². The summed E-state index contributed by atoms with van der Waals surface area (Å²) in [5, 5.41) is 7.69. The highest BCUT2D eigenvalue weighted by Crippen LogP contribution is 1.99. The molecular weight excluding hydrogens is 176 g/mol. The van der Waals surface area contributed by atoms with Gasteiger partial charge in [-0.15, -0.1) is 0 Å². The topological polar surface area (TPSA) is 46.5 Å². The number of aliphatic hydroxyl groups excluding tert-OH is 1. The Morgan fingerprint density at radius 2 is 2.50 bits per heavy atom. The molecule has 0 aromatic heterocycles. The van der Waals surface area contributed by atoms with Crippen molar-refractivity contribution in [3.63, 3.8) is 0 Å². The predicted molar refractivity (Wildman–Crippen MR) is 31.6 cm³/mol. The molecule has 0 bridgehead atoms. The summed E-state index contributed by atoms with van der Waals surface area (Å²) in [6.07, 6.45) is -0.00347. The zero-order valence-corrected chi connectivity index (χ0v) is 6.01. The Morgan fingerprint density at radius 1 is 2.00 bits per heavy atom. The Labute approximate surface area is 55.8 Å². The fourth-order valence-corrected chi connectivity index (χ4v) is 0.485. The Hall–Kier alpha value is -0.0900. The van der Waals surface area contributed by atoms with Gasteiger partial charge in [0, 0.05) is 0 Å². The molecule has 0 amide bonds. The third-order valence-corrected chi connectivity index (χ3v) is 0.887. The first-order valence-corrected chi connectivity index (χ1v) is 2.97. The molecule has 48 valence electrons. The summed E-state index contributed by atoms with van der Waals surface area (Å²) >= 11 is 2.77. The third kappa shape index (κ3) is 4.08. The molecule has 3 nitrogen and oxygen atoms in total. The Kier molecular flexibility index (Phi) is 3.81. The molecule has 0 rings (SSSR count). The van der Waals surface area contributed by atoms with Crippen LogP contribution in [0.15, 0.2) is 0 Å². The van der Waals surface area contributed by atoms with Gasteiger partial charge in [-0.05, 0) is 0 Å². The first-order valence-electron chi connectivity index (χ1n) is 2.05. The number of ether oxygens (including phenoxy) is 1. The van der Waals surface area contributed by atoms with E-state index in [1.54, 1.807) is 0 Å². The van der Waals surface area contributed by atoms with Crippen LogP contribution in [0.3, 0.4) is 0 Å². The number of hydrogen-bond donors (Lipinski definition) is 1. The molecule has 0 spiro atoms. The summed E-state index contributed by atoms with van der Waals surface area (Å²) in [6, 6.07) is 0. The van der Waals surface area contributed by atoms with Crippen LogP contribution in [0.2, 0.25) is 0 Å².